The number of H-pyrrole nitrogens is 1. The van der Waals surface area contributed by atoms with Crippen LogP contribution in [0.25, 0.3) is 20.7 Å². The van der Waals surface area contributed by atoms with E-state index < -0.39 is 48.0 Å². The first-order valence-corrected chi connectivity index (χ1v) is 9.07. The number of benzene rings is 1. The number of thiophene rings is 1. The van der Waals surface area contributed by atoms with Crippen molar-refractivity contribution in [1.29, 1.82) is 0 Å². The van der Waals surface area contributed by atoms with Crippen molar-refractivity contribution < 1.29 is 40.6 Å². The minimum absolute atomic E-state index is 0.0332. The number of alkyl halides is 6. The lowest BCUT2D eigenvalue weighted by atomic mass is 10.1. The summed E-state index contributed by atoms with van der Waals surface area (Å²) in [4.78, 5) is 26.0. The first-order valence-electron chi connectivity index (χ1n) is 8.25. The Labute approximate surface area is 171 Å². The molecule has 3 aromatic rings. The molecule has 0 aliphatic carbocycles. The fourth-order valence-corrected chi connectivity index (χ4v) is 4.15. The lowest BCUT2D eigenvalue weighted by Crippen LogP contribution is -2.38. The molecule has 2 aromatic heterocycles. The second kappa shape index (κ2) is 7.67. The Hall–Kier alpha value is -2.87. The molecule has 0 saturated heterocycles. The molecule has 1 atom stereocenters. The van der Waals surface area contributed by atoms with E-state index in [-0.39, 0.29) is 26.2 Å². The van der Waals surface area contributed by atoms with Gasteiger partial charge in [-0.05, 0) is 30.2 Å². The van der Waals surface area contributed by atoms with Crippen LogP contribution in [0, 0.1) is 12.7 Å². The average Bonchev–Trinajstić information content (AvgIpc) is 2.96. The Morgan fingerprint density at radius 2 is 1.84 bits per heavy atom. The van der Waals surface area contributed by atoms with Gasteiger partial charge in [0.2, 0.25) is 0 Å². The average molecular weight is 472 g/mol. The van der Waals surface area contributed by atoms with Crippen LogP contribution in [0.4, 0.5) is 30.7 Å². The molecular formula is C17H11F7N2O4S. The van der Waals surface area contributed by atoms with Crippen molar-refractivity contribution in [3.8, 4) is 16.2 Å². The van der Waals surface area contributed by atoms with Crippen molar-refractivity contribution in [2.45, 2.75) is 32.1 Å². The molecule has 0 aliphatic rings. The maximum Gasteiger partial charge on any atom is 0.573 e. The van der Waals surface area contributed by atoms with E-state index in [2.05, 4.69) is 4.74 Å². The third kappa shape index (κ3) is 4.58. The topological polar surface area (TPSA) is 84.3 Å². The molecule has 0 fully saturated rings. The van der Waals surface area contributed by atoms with E-state index in [9.17, 15) is 45.4 Å². The molecule has 0 bridgehead atoms. The van der Waals surface area contributed by atoms with Crippen LogP contribution in [-0.4, -0.2) is 33.3 Å². The third-order valence-corrected chi connectivity index (χ3v) is 5.58. The molecule has 0 aliphatic heterocycles. The number of aryl methyl sites for hydroxylation is 1. The predicted octanol–water partition coefficient (Wildman–Crippen LogP) is 3.69. The summed E-state index contributed by atoms with van der Waals surface area (Å²) in [6, 6.07) is 2.48. The van der Waals surface area contributed by atoms with Gasteiger partial charge >= 0.3 is 18.2 Å². The SMILES string of the molecule is Cc1c(-c2ccc(F)c(OC(F)(F)F)c2)sc2c1c(=O)[nH]c(=O)n2CC(O)C(F)(F)F. The zero-order valence-electron chi connectivity index (χ0n) is 15.2. The van der Waals surface area contributed by atoms with Crippen LogP contribution >= 0.6 is 11.3 Å². The summed E-state index contributed by atoms with van der Waals surface area (Å²) in [5, 5.41) is 9.13. The zero-order chi connectivity index (χ0) is 23.3. The van der Waals surface area contributed by atoms with Gasteiger partial charge in [-0.25, -0.2) is 9.18 Å². The monoisotopic (exact) mass is 472 g/mol. The number of nitrogens with one attached hydrogen (secondary N) is 1. The summed E-state index contributed by atoms with van der Waals surface area (Å²) in [5.41, 5.74) is -2.06. The number of rotatable bonds is 4. The molecule has 0 amide bonds. The molecular weight excluding hydrogens is 461 g/mol. The van der Waals surface area contributed by atoms with Gasteiger partial charge in [-0.3, -0.25) is 14.3 Å². The Balaban J connectivity index is 2.21. The molecule has 6 nitrogen and oxygen atoms in total. The standard InChI is InChI=1S/C17H11F7N2O4S/c1-6-11-13(28)25-15(29)26(5-10(27)16(19,20)21)14(11)31-12(6)7-2-3-8(18)9(4-7)30-17(22,23)24/h2-4,10,27H,5H2,1H3,(H,25,28,29). The molecule has 2 heterocycles. The Morgan fingerprint density at radius 3 is 2.42 bits per heavy atom. The molecule has 1 aromatic carbocycles. The van der Waals surface area contributed by atoms with Crippen LogP contribution < -0.4 is 16.0 Å². The fourth-order valence-electron chi connectivity index (χ4n) is 2.84. The van der Waals surface area contributed by atoms with E-state index in [4.69, 9.17) is 0 Å². The molecule has 2 N–H and O–H groups in total. The highest BCUT2D eigenvalue weighted by Gasteiger charge is 2.39. The van der Waals surface area contributed by atoms with Gasteiger partial charge < -0.3 is 9.84 Å². The summed E-state index contributed by atoms with van der Waals surface area (Å²) in [6.45, 7) is 0.132. The highest BCUT2D eigenvalue weighted by molar-refractivity contribution is 7.22. The van der Waals surface area contributed by atoms with E-state index in [0.717, 1.165) is 6.07 Å². The number of hydrogen-bond acceptors (Lipinski definition) is 5. The van der Waals surface area contributed by atoms with Crippen molar-refractivity contribution in [3.05, 3.63) is 50.4 Å². The second-order valence-electron chi connectivity index (χ2n) is 6.36. The lowest BCUT2D eigenvalue weighted by molar-refractivity contribution is -0.275. The summed E-state index contributed by atoms with van der Waals surface area (Å²) in [7, 11) is 0. The van der Waals surface area contributed by atoms with E-state index in [1.165, 1.54) is 6.92 Å². The minimum atomic E-state index is -5.18. The van der Waals surface area contributed by atoms with E-state index in [1.54, 1.807) is 0 Å². The van der Waals surface area contributed by atoms with Crippen molar-refractivity contribution in [3.63, 3.8) is 0 Å². The van der Waals surface area contributed by atoms with Gasteiger partial charge in [0.15, 0.2) is 17.7 Å². The maximum absolute atomic E-state index is 13.7. The van der Waals surface area contributed by atoms with Crippen LogP contribution in [0.1, 0.15) is 5.56 Å². The number of halogens is 7. The molecule has 14 heteroatoms. The lowest BCUT2D eigenvalue weighted by Gasteiger charge is -2.15. The number of ether oxygens (including phenoxy) is 1. The summed E-state index contributed by atoms with van der Waals surface area (Å²) >= 11 is 0.622. The van der Waals surface area contributed by atoms with Crippen molar-refractivity contribution >= 4 is 21.6 Å². The second-order valence-corrected chi connectivity index (χ2v) is 7.36. The minimum Gasteiger partial charge on any atom is -0.403 e. The van der Waals surface area contributed by atoms with Gasteiger partial charge in [0.25, 0.3) is 5.56 Å². The van der Waals surface area contributed by atoms with Crippen LogP contribution in [-0.2, 0) is 6.54 Å². The fraction of sp³-hybridized carbons (Fsp3) is 0.294. The van der Waals surface area contributed by atoms with E-state index in [1.807, 2.05) is 4.98 Å². The quantitative estimate of drug-likeness (QED) is 0.568. The molecule has 168 valence electrons. The molecule has 0 spiro atoms. The van der Waals surface area contributed by atoms with E-state index in [0.29, 0.717) is 28.0 Å². The number of aliphatic hydroxyl groups excluding tert-OH is 1. The van der Waals surface area contributed by atoms with Gasteiger partial charge in [0.1, 0.15) is 4.83 Å². The summed E-state index contributed by atoms with van der Waals surface area (Å²) in [6.07, 6.45) is -13.1. The van der Waals surface area contributed by atoms with Crippen LogP contribution in [0.3, 0.4) is 0 Å². The van der Waals surface area contributed by atoms with Crippen molar-refractivity contribution in [1.82, 2.24) is 9.55 Å². The number of hydrogen-bond donors (Lipinski definition) is 2. The van der Waals surface area contributed by atoms with Gasteiger partial charge in [0, 0.05) is 4.88 Å². The van der Waals surface area contributed by atoms with Crippen LogP contribution in [0.5, 0.6) is 5.75 Å². The molecule has 3 rings (SSSR count). The van der Waals surface area contributed by atoms with Crippen molar-refractivity contribution in [2.75, 3.05) is 0 Å². The Bertz CT molecular complexity index is 1260. The van der Waals surface area contributed by atoms with Crippen molar-refractivity contribution in [2.24, 2.45) is 0 Å². The number of aromatic nitrogens is 2. The van der Waals surface area contributed by atoms with Gasteiger partial charge in [-0.2, -0.15) is 13.2 Å². The predicted molar refractivity (Wildman–Crippen MR) is 95.6 cm³/mol. The van der Waals surface area contributed by atoms with Gasteiger partial charge in [0.05, 0.1) is 11.9 Å². The van der Waals surface area contributed by atoms with Gasteiger partial charge in [-0.1, -0.05) is 6.07 Å². The molecule has 1 unspecified atom stereocenters. The smallest absolute Gasteiger partial charge is 0.403 e. The van der Waals surface area contributed by atoms with Gasteiger partial charge in [-0.15, -0.1) is 24.5 Å². The molecule has 31 heavy (non-hydrogen) atoms. The zero-order valence-corrected chi connectivity index (χ0v) is 16.0. The maximum atomic E-state index is 13.7. The number of fused-ring (bicyclic) bond motifs is 1. The third-order valence-electron chi connectivity index (χ3n) is 4.22. The number of aromatic amines is 1. The van der Waals surface area contributed by atoms with Crippen LogP contribution in [0.2, 0.25) is 0 Å². The highest BCUT2D eigenvalue weighted by atomic mass is 32.1. The number of aliphatic hydroxyl groups is 1. The highest BCUT2D eigenvalue weighted by Crippen LogP contribution is 2.39. The number of nitrogens with zero attached hydrogens (tertiary/aromatic N) is 1. The molecule has 0 saturated carbocycles. The Morgan fingerprint density at radius 1 is 1.19 bits per heavy atom. The Kier molecular flexibility index (Phi) is 5.65. The summed E-state index contributed by atoms with van der Waals surface area (Å²) < 4.78 is 93.5. The summed E-state index contributed by atoms with van der Waals surface area (Å²) in [5.74, 6) is -2.47. The normalized spacial score (nSPS) is 13.6. The first kappa shape index (κ1) is 22.8. The first-order chi connectivity index (χ1) is 14.2. The van der Waals surface area contributed by atoms with E-state index >= 15 is 0 Å². The van der Waals surface area contributed by atoms with Crippen LogP contribution in [0.15, 0.2) is 27.8 Å². The molecule has 0 radical (unpaired) electrons. The largest absolute Gasteiger partial charge is 0.573 e.